The Morgan fingerprint density at radius 2 is 1.82 bits per heavy atom. The Balaban J connectivity index is 1.98. The van der Waals surface area contributed by atoms with Gasteiger partial charge in [-0.3, -0.25) is 0 Å². The molecule has 1 aliphatic rings. The van der Waals surface area contributed by atoms with Crippen LogP contribution in [0, 0.1) is 11.8 Å². The lowest BCUT2D eigenvalue weighted by Gasteiger charge is -2.35. The summed E-state index contributed by atoms with van der Waals surface area (Å²) in [7, 11) is 0. The van der Waals surface area contributed by atoms with Crippen LogP contribution in [0.5, 0.6) is 0 Å². The van der Waals surface area contributed by atoms with Gasteiger partial charge < -0.3 is 15.3 Å². The highest BCUT2D eigenvalue weighted by Crippen LogP contribution is 2.21. The van der Waals surface area contributed by atoms with E-state index in [0.717, 1.165) is 12.0 Å². The molecule has 22 heavy (non-hydrogen) atoms. The van der Waals surface area contributed by atoms with E-state index >= 15 is 0 Å². The fourth-order valence-electron chi connectivity index (χ4n) is 3.12. The van der Waals surface area contributed by atoms with Crippen LogP contribution in [0.3, 0.4) is 0 Å². The number of amides is 2. The molecule has 0 bridgehead atoms. The van der Waals surface area contributed by atoms with Gasteiger partial charge in [0.15, 0.2) is 0 Å². The molecule has 0 aliphatic carbocycles. The van der Waals surface area contributed by atoms with Crippen molar-refractivity contribution >= 4 is 12.0 Å². The molecule has 2 N–H and O–H groups in total. The predicted octanol–water partition coefficient (Wildman–Crippen LogP) is 2.37. The van der Waals surface area contributed by atoms with Crippen LogP contribution >= 0.6 is 0 Å². The number of urea groups is 1. The second-order valence-corrected chi connectivity index (χ2v) is 6.38. The van der Waals surface area contributed by atoms with E-state index < -0.39 is 12.0 Å². The van der Waals surface area contributed by atoms with E-state index in [0.29, 0.717) is 31.3 Å². The van der Waals surface area contributed by atoms with Crippen molar-refractivity contribution in [1.82, 2.24) is 10.2 Å². The Kier molecular flexibility index (Phi) is 5.41. The van der Waals surface area contributed by atoms with E-state index in [4.69, 9.17) is 0 Å². The number of hydrogen-bond acceptors (Lipinski definition) is 2. The van der Waals surface area contributed by atoms with Crippen LogP contribution < -0.4 is 5.32 Å². The van der Waals surface area contributed by atoms with E-state index in [1.807, 2.05) is 30.3 Å². The fraction of sp³-hybridized carbons (Fsp3) is 0.529. The maximum absolute atomic E-state index is 12.3. The lowest BCUT2D eigenvalue weighted by atomic mass is 9.92. The van der Waals surface area contributed by atoms with Crippen molar-refractivity contribution < 1.29 is 14.7 Å². The zero-order chi connectivity index (χ0) is 16.1. The number of nitrogens with one attached hydrogen (secondary N) is 1. The fourth-order valence-corrected chi connectivity index (χ4v) is 3.12. The summed E-state index contributed by atoms with van der Waals surface area (Å²) in [5, 5.41) is 12.0. The summed E-state index contributed by atoms with van der Waals surface area (Å²) in [5.74, 6) is -0.103. The third-order valence-corrected chi connectivity index (χ3v) is 4.03. The van der Waals surface area contributed by atoms with Gasteiger partial charge in [-0.2, -0.15) is 0 Å². The van der Waals surface area contributed by atoms with Gasteiger partial charge in [-0.25, -0.2) is 9.59 Å². The molecule has 120 valence electrons. The molecule has 1 fully saturated rings. The molecule has 0 saturated carbocycles. The van der Waals surface area contributed by atoms with Gasteiger partial charge in [0, 0.05) is 19.5 Å². The number of aliphatic carboxylic acids is 1. The topological polar surface area (TPSA) is 69.6 Å². The van der Waals surface area contributed by atoms with E-state index in [1.165, 1.54) is 0 Å². The van der Waals surface area contributed by atoms with Gasteiger partial charge in [0.1, 0.15) is 6.04 Å². The average Bonchev–Trinajstić information content (AvgIpc) is 2.46. The Bertz CT molecular complexity index is 508. The molecule has 1 aliphatic heterocycles. The zero-order valence-electron chi connectivity index (χ0n) is 13.2. The minimum absolute atomic E-state index is 0.276. The second-order valence-electron chi connectivity index (χ2n) is 6.38. The number of likely N-dealkylation sites (tertiary alicyclic amines) is 1. The number of benzene rings is 1. The molecule has 5 heteroatoms. The molecule has 3 atom stereocenters. The molecule has 0 spiro atoms. The molecule has 2 rings (SSSR count). The summed E-state index contributed by atoms with van der Waals surface area (Å²) in [6.07, 6.45) is 1.40. The standard InChI is InChI=1S/C17H24N2O3/c1-12-8-13(2)11-19(10-12)17(22)18-15(16(20)21)9-14-6-4-3-5-7-14/h3-7,12-13,15H,8-11H2,1-2H3,(H,18,22)(H,20,21)/t12-,13-,15-/m0/s1. The first kappa shape index (κ1) is 16.3. The maximum atomic E-state index is 12.3. The third kappa shape index (κ3) is 4.48. The first-order chi connectivity index (χ1) is 10.5. The van der Waals surface area contributed by atoms with Gasteiger partial charge in [0.05, 0.1) is 0 Å². The van der Waals surface area contributed by atoms with Crippen molar-refractivity contribution in [3.8, 4) is 0 Å². The monoisotopic (exact) mass is 304 g/mol. The lowest BCUT2D eigenvalue weighted by Crippen LogP contribution is -2.52. The molecule has 0 radical (unpaired) electrons. The molecule has 1 aromatic carbocycles. The minimum atomic E-state index is -1.00. The first-order valence-electron chi connectivity index (χ1n) is 7.78. The number of rotatable bonds is 4. The van der Waals surface area contributed by atoms with Crippen molar-refractivity contribution in [3.63, 3.8) is 0 Å². The van der Waals surface area contributed by atoms with Crippen LogP contribution in [0.15, 0.2) is 30.3 Å². The van der Waals surface area contributed by atoms with E-state index in [1.54, 1.807) is 4.90 Å². The number of carbonyl (C=O) groups excluding carboxylic acids is 1. The van der Waals surface area contributed by atoms with Crippen LogP contribution in [0.1, 0.15) is 25.8 Å². The minimum Gasteiger partial charge on any atom is -0.480 e. The van der Waals surface area contributed by atoms with Gasteiger partial charge in [-0.05, 0) is 23.8 Å². The highest BCUT2D eigenvalue weighted by Gasteiger charge is 2.28. The molecular weight excluding hydrogens is 280 g/mol. The van der Waals surface area contributed by atoms with Crippen molar-refractivity contribution in [2.75, 3.05) is 13.1 Å². The molecule has 2 amide bonds. The summed E-state index contributed by atoms with van der Waals surface area (Å²) < 4.78 is 0. The summed E-state index contributed by atoms with van der Waals surface area (Å²) >= 11 is 0. The van der Waals surface area contributed by atoms with Crippen molar-refractivity contribution in [2.45, 2.75) is 32.7 Å². The van der Waals surface area contributed by atoms with Crippen LogP contribution in [0.4, 0.5) is 4.79 Å². The number of nitrogens with zero attached hydrogens (tertiary/aromatic N) is 1. The summed E-state index contributed by atoms with van der Waals surface area (Å²) in [6, 6.07) is 8.17. The van der Waals surface area contributed by atoms with Crippen LogP contribution in [-0.2, 0) is 11.2 Å². The number of piperidine rings is 1. The van der Waals surface area contributed by atoms with Gasteiger partial charge in [0.25, 0.3) is 0 Å². The number of carboxylic acid groups (broad SMARTS) is 1. The van der Waals surface area contributed by atoms with Crippen molar-refractivity contribution in [2.24, 2.45) is 11.8 Å². The summed E-state index contributed by atoms with van der Waals surface area (Å²) in [6.45, 7) is 5.62. The Morgan fingerprint density at radius 3 is 2.36 bits per heavy atom. The largest absolute Gasteiger partial charge is 0.480 e. The maximum Gasteiger partial charge on any atom is 0.326 e. The Hall–Kier alpha value is -2.04. The third-order valence-electron chi connectivity index (χ3n) is 4.03. The van der Waals surface area contributed by atoms with E-state index in [9.17, 15) is 14.7 Å². The summed E-state index contributed by atoms with van der Waals surface area (Å²) in [4.78, 5) is 25.5. The zero-order valence-corrected chi connectivity index (χ0v) is 13.2. The van der Waals surface area contributed by atoms with Crippen LogP contribution in [0.25, 0.3) is 0 Å². The molecule has 1 heterocycles. The quantitative estimate of drug-likeness (QED) is 0.897. The SMILES string of the molecule is C[C@H]1C[C@H](C)CN(C(=O)N[C@@H](Cc2ccccc2)C(=O)O)C1. The smallest absolute Gasteiger partial charge is 0.326 e. The van der Waals surface area contributed by atoms with Crippen molar-refractivity contribution in [1.29, 1.82) is 0 Å². The molecule has 0 aromatic heterocycles. The molecular formula is C17H24N2O3. The molecule has 0 unspecified atom stereocenters. The van der Waals surface area contributed by atoms with Gasteiger partial charge >= 0.3 is 12.0 Å². The Morgan fingerprint density at radius 1 is 1.23 bits per heavy atom. The molecule has 1 saturated heterocycles. The van der Waals surface area contributed by atoms with Gasteiger partial charge in [-0.1, -0.05) is 44.2 Å². The van der Waals surface area contributed by atoms with E-state index in [2.05, 4.69) is 19.2 Å². The first-order valence-corrected chi connectivity index (χ1v) is 7.78. The lowest BCUT2D eigenvalue weighted by molar-refractivity contribution is -0.139. The van der Waals surface area contributed by atoms with Crippen LogP contribution in [-0.4, -0.2) is 41.1 Å². The van der Waals surface area contributed by atoms with Crippen molar-refractivity contribution in [3.05, 3.63) is 35.9 Å². The van der Waals surface area contributed by atoms with Gasteiger partial charge in [0.2, 0.25) is 0 Å². The Labute approximate surface area is 131 Å². The van der Waals surface area contributed by atoms with Crippen LogP contribution in [0.2, 0.25) is 0 Å². The predicted molar refractivity (Wildman–Crippen MR) is 84.6 cm³/mol. The molecule has 5 nitrogen and oxygen atoms in total. The number of carboxylic acids is 1. The highest BCUT2D eigenvalue weighted by molar-refractivity contribution is 5.82. The highest BCUT2D eigenvalue weighted by atomic mass is 16.4. The normalized spacial score (nSPS) is 22.9. The number of carbonyl (C=O) groups is 2. The van der Waals surface area contributed by atoms with Gasteiger partial charge in [-0.15, -0.1) is 0 Å². The second kappa shape index (κ2) is 7.29. The van der Waals surface area contributed by atoms with E-state index in [-0.39, 0.29) is 6.03 Å². The molecule has 1 aromatic rings. The average molecular weight is 304 g/mol. The number of hydrogen-bond donors (Lipinski definition) is 2. The summed E-state index contributed by atoms with van der Waals surface area (Å²) in [5.41, 5.74) is 0.899.